The van der Waals surface area contributed by atoms with Gasteiger partial charge in [-0.05, 0) is 41.3 Å². The number of benzene rings is 2. The van der Waals surface area contributed by atoms with Gasteiger partial charge in [-0.1, -0.05) is 30.3 Å². The van der Waals surface area contributed by atoms with E-state index in [2.05, 4.69) is 28.5 Å². The predicted molar refractivity (Wildman–Crippen MR) is 107 cm³/mol. The summed E-state index contributed by atoms with van der Waals surface area (Å²) in [5.41, 5.74) is 8.97. The number of nitrogens with two attached hydrogens (primary N) is 1. The van der Waals surface area contributed by atoms with Gasteiger partial charge in [-0.3, -0.25) is 9.78 Å². The molecule has 0 saturated heterocycles. The highest BCUT2D eigenvalue weighted by atomic mass is 32.1. The Hall–Kier alpha value is -3.02. The molecule has 0 spiro atoms. The molecule has 4 aromatic rings. The van der Waals surface area contributed by atoms with Crippen LogP contribution < -0.4 is 11.1 Å². The number of aromatic nitrogens is 1. The van der Waals surface area contributed by atoms with Gasteiger partial charge < -0.3 is 11.1 Å². The van der Waals surface area contributed by atoms with Gasteiger partial charge in [0.1, 0.15) is 0 Å². The number of anilines is 1. The van der Waals surface area contributed by atoms with Crippen LogP contribution in [0.5, 0.6) is 0 Å². The summed E-state index contributed by atoms with van der Waals surface area (Å²) in [7, 11) is 0. The first-order chi connectivity index (χ1) is 12.7. The number of carbonyl (C=O) groups is 1. The smallest absolute Gasteiger partial charge is 0.257 e. The quantitative estimate of drug-likeness (QED) is 0.556. The molecule has 0 atom stereocenters. The second-order valence-electron chi connectivity index (χ2n) is 5.95. The van der Waals surface area contributed by atoms with Crippen molar-refractivity contribution in [1.82, 2.24) is 4.98 Å². The van der Waals surface area contributed by atoms with Crippen LogP contribution in [0.15, 0.2) is 73.1 Å². The van der Waals surface area contributed by atoms with E-state index in [1.807, 2.05) is 42.5 Å². The van der Waals surface area contributed by atoms with E-state index >= 15 is 0 Å². The molecule has 128 valence electrons. The lowest BCUT2D eigenvalue weighted by Gasteiger charge is -2.07. The number of rotatable bonds is 4. The number of amides is 1. The van der Waals surface area contributed by atoms with Gasteiger partial charge in [0, 0.05) is 39.8 Å². The molecule has 3 N–H and O–H groups in total. The largest absolute Gasteiger partial charge is 0.326 e. The third kappa shape index (κ3) is 3.35. The van der Waals surface area contributed by atoms with Crippen molar-refractivity contribution in [3.63, 3.8) is 0 Å². The van der Waals surface area contributed by atoms with Gasteiger partial charge >= 0.3 is 0 Å². The fourth-order valence-corrected chi connectivity index (χ4v) is 3.80. The number of nitrogens with zero attached hydrogens (tertiary/aromatic N) is 1. The topological polar surface area (TPSA) is 68.0 Å². The van der Waals surface area contributed by atoms with Gasteiger partial charge in [-0.2, -0.15) is 0 Å². The van der Waals surface area contributed by atoms with Crippen LogP contribution in [0.4, 0.5) is 5.69 Å². The molecule has 4 nitrogen and oxygen atoms in total. The summed E-state index contributed by atoms with van der Waals surface area (Å²) in [5.74, 6) is -0.173. The maximum absolute atomic E-state index is 12.5. The van der Waals surface area contributed by atoms with Crippen LogP contribution in [0.25, 0.3) is 21.2 Å². The van der Waals surface area contributed by atoms with E-state index in [1.54, 1.807) is 23.7 Å². The van der Waals surface area contributed by atoms with Crippen LogP contribution in [0.1, 0.15) is 15.2 Å². The van der Waals surface area contributed by atoms with Crippen LogP contribution in [0, 0.1) is 0 Å². The second-order valence-corrected chi connectivity index (χ2v) is 7.12. The van der Waals surface area contributed by atoms with Crippen molar-refractivity contribution >= 4 is 33.0 Å². The standard InChI is InChI=1S/C21H17N3OS/c22-11-19-9-15-7-6-14(10-20(15)26-19)16-8-17(13-23-12-16)21(25)24-18-4-2-1-3-5-18/h1-10,12-13H,11,22H2,(H,24,25). The number of carbonyl (C=O) groups excluding carboxylic acids is 1. The molecule has 0 aliphatic rings. The third-order valence-electron chi connectivity index (χ3n) is 4.14. The Labute approximate surface area is 155 Å². The lowest BCUT2D eigenvalue weighted by molar-refractivity contribution is 0.102. The molecule has 0 aliphatic carbocycles. The molecule has 0 aliphatic heterocycles. The zero-order valence-corrected chi connectivity index (χ0v) is 14.8. The number of fused-ring (bicyclic) bond motifs is 1. The number of thiophene rings is 1. The number of nitrogens with one attached hydrogen (secondary N) is 1. The lowest BCUT2D eigenvalue weighted by Crippen LogP contribution is -2.12. The molecule has 5 heteroatoms. The van der Waals surface area contributed by atoms with Crippen LogP contribution in [-0.4, -0.2) is 10.9 Å². The molecule has 2 heterocycles. The Balaban J connectivity index is 1.63. The first kappa shape index (κ1) is 16.4. The zero-order valence-electron chi connectivity index (χ0n) is 14.0. The molecule has 4 rings (SSSR count). The van der Waals surface area contributed by atoms with E-state index in [-0.39, 0.29) is 5.91 Å². The number of pyridine rings is 1. The minimum atomic E-state index is -0.173. The third-order valence-corrected chi connectivity index (χ3v) is 5.26. The summed E-state index contributed by atoms with van der Waals surface area (Å²) in [5, 5.41) is 4.07. The van der Waals surface area contributed by atoms with Gasteiger partial charge in [-0.25, -0.2) is 0 Å². The molecular formula is C21H17N3OS. The Morgan fingerprint density at radius 2 is 1.85 bits per heavy atom. The molecule has 0 radical (unpaired) electrons. The van der Waals surface area contributed by atoms with Gasteiger partial charge in [-0.15, -0.1) is 11.3 Å². The highest BCUT2D eigenvalue weighted by molar-refractivity contribution is 7.19. The first-order valence-corrected chi connectivity index (χ1v) is 9.09. The van der Waals surface area contributed by atoms with E-state index in [1.165, 1.54) is 10.1 Å². The highest BCUT2D eigenvalue weighted by Gasteiger charge is 2.09. The van der Waals surface area contributed by atoms with E-state index in [0.29, 0.717) is 12.1 Å². The Bertz CT molecular complexity index is 1070. The minimum Gasteiger partial charge on any atom is -0.326 e. The van der Waals surface area contributed by atoms with Crippen molar-refractivity contribution in [3.05, 3.63) is 83.5 Å². The monoisotopic (exact) mass is 359 g/mol. The Morgan fingerprint density at radius 1 is 1.00 bits per heavy atom. The van der Waals surface area contributed by atoms with Crippen molar-refractivity contribution in [2.75, 3.05) is 5.32 Å². The van der Waals surface area contributed by atoms with Gasteiger partial charge in [0.15, 0.2) is 0 Å². The number of hydrogen-bond acceptors (Lipinski definition) is 4. The van der Waals surface area contributed by atoms with E-state index < -0.39 is 0 Å². The van der Waals surface area contributed by atoms with Crippen molar-refractivity contribution in [3.8, 4) is 11.1 Å². The van der Waals surface area contributed by atoms with Crippen LogP contribution in [0.3, 0.4) is 0 Å². The maximum atomic E-state index is 12.5. The molecule has 0 fully saturated rings. The van der Waals surface area contributed by atoms with Crippen LogP contribution in [0.2, 0.25) is 0 Å². The summed E-state index contributed by atoms with van der Waals surface area (Å²) in [6.07, 6.45) is 3.36. The summed E-state index contributed by atoms with van der Waals surface area (Å²) in [6.45, 7) is 0.547. The lowest BCUT2D eigenvalue weighted by atomic mass is 10.0. The predicted octanol–water partition coefficient (Wildman–Crippen LogP) is 4.67. The summed E-state index contributed by atoms with van der Waals surface area (Å²) < 4.78 is 1.18. The minimum absolute atomic E-state index is 0.173. The molecule has 0 bridgehead atoms. The summed E-state index contributed by atoms with van der Waals surface area (Å²) in [6, 6.07) is 19.6. The molecule has 0 saturated carbocycles. The molecule has 2 aromatic heterocycles. The SMILES string of the molecule is NCc1cc2ccc(-c3cncc(C(=O)Nc4ccccc4)c3)cc2s1. The Morgan fingerprint density at radius 3 is 2.65 bits per heavy atom. The van der Waals surface area contributed by atoms with E-state index in [0.717, 1.165) is 21.7 Å². The van der Waals surface area contributed by atoms with E-state index in [9.17, 15) is 4.79 Å². The second kappa shape index (κ2) is 7.07. The molecule has 0 unspecified atom stereocenters. The normalized spacial score (nSPS) is 10.8. The van der Waals surface area contributed by atoms with Gasteiger partial charge in [0.2, 0.25) is 0 Å². The van der Waals surface area contributed by atoms with Crippen molar-refractivity contribution < 1.29 is 4.79 Å². The van der Waals surface area contributed by atoms with E-state index in [4.69, 9.17) is 5.73 Å². The van der Waals surface area contributed by atoms with Crippen molar-refractivity contribution in [2.45, 2.75) is 6.54 Å². The summed E-state index contributed by atoms with van der Waals surface area (Å²) >= 11 is 1.69. The fraction of sp³-hybridized carbons (Fsp3) is 0.0476. The first-order valence-electron chi connectivity index (χ1n) is 8.27. The molecule has 2 aromatic carbocycles. The average Bonchev–Trinajstić information content (AvgIpc) is 3.11. The summed E-state index contributed by atoms with van der Waals surface area (Å²) in [4.78, 5) is 17.9. The van der Waals surface area contributed by atoms with Crippen molar-refractivity contribution in [1.29, 1.82) is 0 Å². The van der Waals surface area contributed by atoms with Gasteiger partial charge in [0.25, 0.3) is 5.91 Å². The molecule has 1 amide bonds. The number of hydrogen-bond donors (Lipinski definition) is 2. The average molecular weight is 359 g/mol. The highest BCUT2D eigenvalue weighted by Crippen LogP contribution is 2.30. The Kier molecular flexibility index (Phi) is 4.48. The zero-order chi connectivity index (χ0) is 17.9. The van der Waals surface area contributed by atoms with Crippen molar-refractivity contribution in [2.24, 2.45) is 5.73 Å². The number of para-hydroxylation sites is 1. The fourth-order valence-electron chi connectivity index (χ4n) is 2.81. The van der Waals surface area contributed by atoms with Crippen LogP contribution in [-0.2, 0) is 6.54 Å². The maximum Gasteiger partial charge on any atom is 0.257 e. The van der Waals surface area contributed by atoms with Gasteiger partial charge in [0.05, 0.1) is 5.56 Å². The molecular weight excluding hydrogens is 342 g/mol. The van der Waals surface area contributed by atoms with Crippen LogP contribution >= 0.6 is 11.3 Å². The molecule has 26 heavy (non-hydrogen) atoms.